The summed E-state index contributed by atoms with van der Waals surface area (Å²) in [5, 5.41) is 9.44. The summed E-state index contributed by atoms with van der Waals surface area (Å²) in [7, 11) is 1.45. The maximum atomic E-state index is 12.3. The topological polar surface area (TPSA) is 132 Å². The van der Waals surface area contributed by atoms with Crippen LogP contribution in [0.4, 0.5) is 9.93 Å². The first kappa shape index (κ1) is 24.1. The highest BCUT2D eigenvalue weighted by atomic mass is 35.5. The van der Waals surface area contributed by atoms with E-state index in [0.29, 0.717) is 16.0 Å². The fraction of sp³-hybridized carbons (Fsp3) is 0.471. The monoisotopic (exact) mass is 478 g/mol. The zero-order chi connectivity index (χ0) is 22.6. The van der Waals surface area contributed by atoms with Crippen molar-refractivity contribution in [1.29, 1.82) is 0 Å². The summed E-state index contributed by atoms with van der Waals surface area (Å²) < 4.78 is 35.5. The van der Waals surface area contributed by atoms with Crippen LogP contribution in [0, 0.1) is 0 Å². The molecule has 0 fully saturated rings. The third kappa shape index (κ3) is 6.17. The predicted molar refractivity (Wildman–Crippen MR) is 113 cm³/mol. The number of fused-ring (bicyclic) bond motifs is 1. The van der Waals surface area contributed by atoms with Gasteiger partial charge >= 0.3 is 12.1 Å². The largest absolute Gasteiger partial charge is 0.755 e. The van der Waals surface area contributed by atoms with Crippen LogP contribution in [0.3, 0.4) is 0 Å². The molecule has 0 aliphatic heterocycles. The highest BCUT2D eigenvalue weighted by molar-refractivity contribution is 7.81. The third-order valence-corrected chi connectivity index (χ3v) is 5.86. The van der Waals surface area contributed by atoms with Crippen LogP contribution in [0.5, 0.6) is 5.75 Å². The van der Waals surface area contributed by atoms with Crippen LogP contribution in [0.1, 0.15) is 20.8 Å². The SMILES string of the molecule is COc1ccc2sc(N(CCN(CC(=O)O)C(=O)OC(C)(C)C)S(=O)[O-])nc2c1Cl. The molecule has 2 rings (SSSR count). The van der Waals surface area contributed by atoms with Gasteiger partial charge in [0.15, 0.2) is 5.13 Å². The fourth-order valence-corrected chi connectivity index (χ4v) is 4.31. The van der Waals surface area contributed by atoms with Crippen LogP contribution < -0.4 is 9.04 Å². The van der Waals surface area contributed by atoms with Gasteiger partial charge in [0, 0.05) is 17.8 Å². The molecule has 1 aromatic carbocycles. The van der Waals surface area contributed by atoms with Crippen LogP contribution in [0.15, 0.2) is 12.1 Å². The lowest BCUT2D eigenvalue weighted by molar-refractivity contribution is -0.138. The summed E-state index contributed by atoms with van der Waals surface area (Å²) in [6.07, 6.45) is -0.862. The van der Waals surface area contributed by atoms with Crippen molar-refractivity contribution in [3.63, 3.8) is 0 Å². The lowest BCUT2D eigenvalue weighted by Crippen LogP contribution is -2.44. The predicted octanol–water partition coefficient (Wildman–Crippen LogP) is 2.88. The number of methoxy groups -OCH3 is 1. The highest BCUT2D eigenvalue weighted by Crippen LogP contribution is 2.38. The molecular formula is C17H21ClN3O7S2-. The van der Waals surface area contributed by atoms with E-state index in [-0.39, 0.29) is 23.2 Å². The van der Waals surface area contributed by atoms with Gasteiger partial charge in [-0.05, 0) is 32.9 Å². The van der Waals surface area contributed by atoms with E-state index in [0.717, 1.165) is 20.5 Å². The smallest absolute Gasteiger partial charge is 0.410 e. The van der Waals surface area contributed by atoms with Crippen molar-refractivity contribution in [1.82, 2.24) is 9.88 Å². The molecule has 166 valence electrons. The molecule has 0 radical (unpaired) electrons. The summed E-state index contributed by atoms with van der Waals surface area (Å²) in [6.45, 7) is 3.84. The quantitative estimate of drug-likeness (QED) is 0.572. The van der Waals surface area contributed by atoms with E-state index < -0.39 is 35.5 Å². The highest BCUT2D eigenvalue weighted by Gasteiger charge is 2.25. The molecule has 0 saturated carbocycles. The second-order valence-corrected chi connectivity index (χ2v) is 9.30. The van der Waals surface area contributed by atoms with E-state index in [1.807, 2.05) is 0 Å². The van der Waals surface area contributed by atoms with Crippen molar-refractivity contribution in [2.75, 3.05) is 31.0 Å². The number of rotatable bonds is 8. The lowest BCUT2D eigenvalue weighted by atomic mass is 10.2. The molecule has 1 amide bonds. The van der Waals surface area contributed by atoms with E-state index in [4.69, 9.17) is 26.2 Å². The molecule has 0 bridgehead atoms. The van der Waals surface area contributed by atoms with Gasteiger partial charge in [0.2, 0.25) is 0 Å². The first-order chi connectivity index (χ1) is 13.9. The Kier molecular flexibility index (Phi) is 7.86. The number of nitrogens with zero attached hydrogens (tertiary/aromatic N) is 3. The van der Waals surface area contributed by atoms with Gasteiger partial charge in [-0.15, -0.1) is 0 Å². The summed E-state index contributed by atoms with van der Waals surface area (Å²) in [6, 6.07) is 3.34. The summed E-state index contributed by atoms with van der Waals surface area (Å²) in [4.78, 5) is 28.6. The summed E-state index contributed by atoms with van der Waals surface area (Å²) in [5.41, 5.74) is -0.460. The van der Waals surface area contributed by atoms with E-state index in [2.05, 4.69) is 4.98 Å². The molecule has 0 aliphatic rings. The Morgan fingerprint density at radius 3 is 2.53 bits per heavy atom. The van der Waals surface area contributed by atoms with Crippen LogP contribution in [0.2, 0.25) is 5.02 Å². The Morgan fingerprint density at radius 2 is 2.00 bits per heavy atom. The number of carbonyl (C=O) groups excluding carboxylic acids is 1. The second kappa shape index (κ2) is 9.77. The number of benzene rings is 1. The van der Waals surface area contributed by atoms with Gasteiger partial charge in [0.25, 0.3) is 0 Å². The van der Waals surface area contributed by atoms with E-state index >= 15 is 0 Å². The van der Waals surface area contributed by atoms with Gasteiger partial charge in [0.1, 0.15) is 28.4 Å². The maximum Gasteiger partial charge on any atom is 0.410 e. The number of aliphatic carboxylic acids is 1. The lowest BCUT2D eigenvalue weighted by Gasteiger charge is -2.29. The molecule has 1 aromatic heterocycles. The first-order valence-corrected chi connectivity index (χ1v) is 10.8. The number of amides is 1. The Hall–Kier alpha value is -2.15. The van der Waals surface area contributed by atoms with Crippen LogP contribution >= 0.6 is 22.9 Å². The minimum atomic E-state index is -2.73. The second-order valence-electron chi connectivity index (χ2n) is 7.04. The molecule has 1 N–H and O–H groups in total. The van der Waals surface area contributed by atoms with Gasteiger partial charge in [-0.25, -0.2) is 9.78 Å². The number of anilines is 1. The minimum absolute atomic E-state index is 0.118. The average molecular weight is 479 g/mol. The molecule has 13 heteroatoms. The number of carbonyl (C=O) groups is 2. The Balaban J connectivity index is 2.26. The Labute approximate surface area is 184 Å². The summed E-state index contributed by atoms with van der Waals surface area (Å²) >= 11 is 4.60. The molecule has 1 atom stereocenters. The third-order valence-electron chi connectivity index (χ3n) is 3.62. The molecular weight excluding hydrogens is 458 g/mol. The van der Waals surface area contributed by atoms with Crippen molar-refractivity contribution >= 4 is 61.6 Å². The number of hydrogen-bond acceptors (Lipinski definition) is 8. The van der Waals surface area contributed by atoms with Gasteiger partial charge < -0.3 is 19.1 Å². The zero-order valence-corrected chi connectivity index (χ0v) is 19.1. The maximum absolute atomic E-state index is 12.3. The number of ether oxygens (including phenoxy) is 2. The average Bonchev–Trinajstić information content (AvgIpc) is 3.04. The summed E-state index contributed by atoms with van der Waals surface area (Å²) in [5.74, 6) is -0.858. The molecule has 1 unspecified atom stereocenters. The fourth-order valence-electron chi connectivity index (χ4n) is 2.37. The number of halogens is 1. The van der Waals surface area contributed by atoms with Gasteiger partial charge in [-0.1, -0.05) is 22.9 Å². The van der Waals surface area contributed by atoms with E-state index in [1.54, 1.807) is 32.9 Å². The van der Waals surface area contributed by atoms with Crippen LogP contribution in [0.25, 0.3) is 10.2 Å². The van der Waals surface area contributed by atoms with Gasteiger partial charge in [-0.3, -0.25) is 18.2 Å². The van der Waals surface area contributed by atoms with Crippen molar-refractivity contribution in [3.05, 3.63) is 17.2 Å². The first-order valence-electron chi connectivity index (χ1n) is 8.62. The van der Waals surface area contributed by atoms with E-state index in [9.17, 15) is 18.4 Å². The van der Waals surface area contributed by atoms with Crippen LogP contribution in [-0.2, 0) is 20.8 Å². The zero-order valence-electron chi connectivity index (χ0n) is 16.7. The van der Waals surface area contributed by atoms with Gasteiger partial charge in [0.05, 0.1) is 18.4 Å². The normalized spacial score (nSPS) is 12.5. The molecule has 30 heavy (non-hydrogen) atoms. The number of hydrogen-bond donors (Lipinski definition) is 1. The number of carboxylic acid groups (broad SMARTS) is 1. The van der Waals surface area contributed by atoms with Crippen molar-refractivity contribution < 1.29 is 32.9 Å². The molecule has 0 saturated heterocycles. The van der Waals surface area contributed by atoms with Crippen molar-refractivity contribution in [2.24, 2.45) is 0 Å². The standard InChI is InChI=1S/C17H22ClN3O7S2/c1-17(2,3)28-16(24)20(9-12(22)23)7-8-21(30(25)26)15-19-14-11(29-15)6-5-10(27-4)13(14)18/h5-6H,7-9H2,1-4H3,(H,22,23)(H,25,26)/p-1. The Morgan fingerprint density at radius 1 is 1.33 bits per heavy atom. The number of carboxylic acids is 1. The van der Waals surface area contributed by atoms with Crippen molar-refractivity contribution in [3.8, 4) is 5.75 Å². The van der Waals surface area contributed by atoms with Crippen molar-refractivity contribution in [2.45, 2.75) is 26.4 Å². The molecule has 10 nitrogen and oxygen atoms in total. The van der Waals surface area contributed by atoms with Crippen LogP contribution in [-0.4, -0.2) is 68.2 Å². The molecule has 1 heterocycles. The molecule has 2 aromatic rings. The Bertz CT molecular complexity index is 961. The number of thiazole rings is 1. The molecule has 0 aliphatic carbocycles. The van der Waals surface area contributed by atoms with Gasteiger partial charge in [-0.2, -0.15) is 0 Å². The molecule has 0 spiro atoms. The van der Waals surface area contributed by atoms with E-state index in [1.165, 1.54) is 7.11 Å². The number of aromatic nitrogens is 1. The minimum Gasteiger partial charge on any atom is -0.755 e.